The molecule has 3 heteroatoms. The summed E-state index contributed by atoms with van der Waals surface area (Å²) >= 11 is 0. The molecule has 0 bridgehead atoms. The Bertz CT molecular complexity index is 500. The van der Waals surface area contributed by atoms with Crippen LogP contribution in [0, 0.1) is 6.92 Å². The number of benzene rings is 1. The standard InChI is InChI=1S/C14H19N3/c1-3-14-12(7-8-15)10-16-17(14)13-6-4-5-11(2)9-13/h4-6,9-10H,3,7-8,15H2,1-2H3. The Labute approximate surface area is 102 Å². The highest BCUT2D eigenvalue weighted by Crippen LogP contribution is 2.16. The molecule has 2 rings (SSSR count). The summed E-state index contributed by atoms with van der Waals surface area (Å²) in [6.45, 7) is 4.93. The number of nitrogens with two attached hydrogens (primary N) is 1. The zero-order valence-electron chi connectivity index (χ0n) is 10.5. The minimum Gasteiger partial charge on any atom is -0.330 e. The average molecular weight is 229 g/mol. The van der Waals surface area contributed by atoms with Crippen LogP contribution in [-0.4, -0.2) is 16.3 Å². The molecular weight excluding hydrogens is 210 g/mol. The third-order valence-electron chi connectivity index (χ3n) is 2.95. The first-order valence-electron chi connectivity index (χ1n) is 6.09. The van der Waals surface area contributed by atoms with E-state index in [-0.39, 0.29) is 0 Å². The fraction of sp³-hybridized carbons (Fsp3) is 0.357. The molecule has 1 heterocycles. The summed E-state index contributed by atoms with van der Waals surface area (Å²) in [5.41, 5.74) is 10.5. The van der Waals surface area contributed by atoms with Crippen molar-refractivity contribution in [2.75, 3.05) is 6.54 Å². The van der Waals surface area contributed by atoms with Crippen LogP contribution in [0.3, 0.4) is 0 Å². The Morgan fingerprint density at radius 1 is 1.35 bits per heavy atom. The first-order valence-corrected chi connectivity index (χ1v) is 6.09. The van der Waals surface area contributed by atoms with Gasteiger partial charge in [0.15, 0.2) is 0 Å². The molecule has 3 nitrogen and oxygen atoms in total. The van der Waals surface area contributed by atoms with Crippen LogP contribution in [0.1, 0.15) is 23.7 Å². The van der Waals surface area contributed by atoms with Crippen LogP contribution in [0.5, 0.6) is 0 Å². The molecule has 1 aromatic carbocycles. The third-order valence-corrected chi connectivity index (χ3v) is 2.95. The fourth-order valence-electron chi connectivity index (χ4n) is 2.13. The molecule has 0 saturated heterocycles. The largest absolute Gasteiger partial charge is 0.330 e. The summed E-state index contributed by atoms with van der Waals surface area (Å²) in [4.78, 5) is 0. The van der Waals surface area contributed by atoms with E-state index in [1.54, 1.807) is 0 Å². The molecule has 0 atom stereocenters. The van der Waals surface area contributed by atoms with Crippen molar-refractivity contribution in [2.45, 2.75) is 26.7 Å². The van der Waals surface area contributed by atoms with E-state index in [9.17, 15) is 0 Å². The number of nitrogens with zero attached hydrogens (tertiary/aromatic N) is 2. The van der Waals surface area contributed by atoms with Gasteiger partial charge >= 0.3 is 0 Å². The van der Waals surface area contributed by atoms with Crippen LogP contribution in [0.25, 0.3) is 5.69 Å². The van der Waals surface area contributed by atoms with E-state index in [4.69, 9.17) is 5.73 Å². The number of aryl methyl sites for hydroxylation is 1. The average Bonchev–Trinajstić information content (AvgIpc) is 2.72. The topological polar surface area (TPSA) is 43.8 Å². The second-order valence-electron chi connectivity index (χ2n) is 4.26. The Balaban J connectivity index is 2.45. The first kappa shape index (κ1) is 11.9. The van der Waals surface area contributed by atoms with Crippen molar-refractivity contribution in [3.63, 3.8) is 0 Å². The molecule has 0 fully saturated rings. The van der Waals surface area contributed by atoms with Crippen LogP contribution >= 0.6 is 0 Å². The van der Waals surface area contributed by atoms with Gasteiger partial charge in [0, 0.05) is 5.69 Å². The maximum atomic E-state index is 5.62. The van der Waals surface area contributed by atoms with Crippen molar-refractivity contribution in [1.82, 2.24) is 9.78 Å². The lowest BCUT2D eigenvalue weighted by atomic mass is 10.1. The Morgan fingerprint density at radius 2 is 2.18 bits per heavy atom. The highest BCUT2D eigenvalue weighted by molar-refractivity contribution is 5.38. The van der Waals surface area contributed by atoms with Gasteiger partial charge in [-0.15, -0.1) is 0 Å². The second-order valence-corrected chi connectivity index (χ2v) is 4.26. The van der Waals surface area contributed by atoms with E-state index >= 15 is 0 Å². The molecule has 0 amide bonds. The molecule has 2 N–H and O–H groups in total. The van der Waals surface area contributed by atoms with Crippen molar-refractivity contribution in [3.05, 3.63) is 47.3 Å². The Hall–Kier alpha value is -1.61. The lowest BCUT2D eigenvalue weighted by Crippen LogP contribution is -2.06. The minimum atomic E-state index is 0.673. The van der Waals surface area contributed by atoms with E-state index in [1.165, 1.54) is 16.8 Å². The zero-order chi connectivity index (χ0) is 12.3. The van der Waals surface area contributed by atoms with Crippen LogP contribution in [0.4, 0.5) is 0 Å². The van der Waals surface area contributed by atoms with Crippen LogP contribution in [0.2, 0.25) is 0 Å². The molecule has 0 unspecified atom stereocenters. The Morgan fingerprint density at radius 3 is 2.82 bits per heavy atom. The van der Waals surface area contributed by atoms with Gasteiger partial charge in [-0.3, -0.25) is 0 Å². The molecule has 1 aromatic heterocycles. The summed E-state index contributed by atoms with van der Waals surface area (Å²) in [6, 6.07) is 8.40. The zero-order valence-corrected chi connectivity index (χ0v) is 10.5. The molecule has 0 aliphatic rings. The molecular formula is C14H19N3. The molecule has 0 saturated carbocycles. The van der Waals surface area contributed by atoms with E-state index in [1.807, 2.05) is 10.9 Å². The van der Waals surface area contributed by atoms with Crippen LogP contribution < -0.4 is 5.73 Å². The Kier molecular flexibility index (Phi) is 3.59. The highest BCUT2D eigenvalue weighted by atomic mass is 15.3. The van der Waals surface area contributed by atoms with Crippen molar-refractivity contribution < 1.29 is 0 Å². The quantitative estimate of drug-likeness (QED) is 0.873. The summed E-state index contributed by atoms with van der Waals surface area (Å²) in [5.74, 6) is 0. The molecule has 90 valence electrons. The van der Waals surface area contributed by atoms with Gasteiger partial charge in [-0.25, -0.2) is 4.68 Å². The third kappa shape index (κ3) is 2.39. The monoisotopic (exact) mass is 229 g/mol. The molecule has 0 spiro atoms. The van der Waals surface area contributed by atoms with Crippen LogP contribution in [0.15, 0.2) is 30.5 Å². The fourth-order valence-corrected chi connectivity index (χ4v) is 2.13. The van der Waals surface area contributed by atoms with E-state index in [0.29, 0.717) is 6.54 Å². The minimum absolute atomic E-state index is 0.673. The summed E-state index contributed by atoms with van der Waals surface area (Å²) in [6.07, 6.45) is 3.81. The summed E-state index contributed by atoms with van der Waals surface area (Å²) < 4.78 is 2.03. The SMILES string of the molecule is CCc1c(CCN)cnn1-c1cccc(C)c1. The van der Waals surface area contributed by atoms with Gasteiger partial charge in [0.05, 0.1) is 11.9 Å². The maximum absolute atomic E-state index is 5.62. The number of aromatic nitrogens is 2. The normalized spacial score (nSPS) is 10.8. The van der Waals surface area contributed by atoms with Crippen LogP contribution in [-0.2, 0) is 12.8 Å². The smallest absolute Gasteiger partial charge is 0.0651 e. The lowest BCUT2D eigenvalue weighted by molar-refractivity contribution is 0.805. The predicted octanol–water partition coefficient (Wildman–Crippen LogP) is 2.24. The van der Waals surface area contributed by atoms with Crippen molar-refractivity contribution in [2.24, 2.45) is 5.73 Å². The van der Waals surface area contributed by atoms with Gasteiger partial charge in [-0.05, 0) is 49.6 Å². The van der Waals surface area contributed by atoms with E-state index < -0.39 is 0 Å². The summed E-state index contributed by atoms with van der Waals surface area (Å²) in [7, 11) is 0. The number of hydrogen-bond donors (Lipinski definition) is 1. The molecule has 0 aliphatic carbocycles. The second kappa shape index (κ2) is 5.15. The number of hydrogen-bond acceptors (Lipinski definition) is 2. The number of rotatable bonds is 4. The molecule has 17 heavy (non-hydrogen) atoms. The van der Waals surface area contributed by atoms with Gasteiger partial charge in [0.2, 0.25) is 0 Å². The predicted molar refractivity (Wildman–Crippen MR) is 70.4 cm³/mol. The van der Waals surface area contributed by atoms with Crippen molar-refractivity contribution in [3.8, 4) is 5.69 Å². The first-order chi connectivity index (χ1) is 8.26. The van der Waals surface area contributed by atoms with Crippen molar-refractivity contribution >= 4 is 0 Å². The van der Waals surface area contributed by atoms with Gasteiger partial charge in [0.1, 0.15) is 0 Å². The van der Waals surface area contributed by atoms with Gasteiger partial charge in [0.25, 0.3) is 0 Å². The van der Waals surface area contributed by atoms with Gasteiger partial charge in [-0.1, -0.05) is 19.1 Å². The lowest BCUT2D eigenvalue weighted by Gasteiger charge is -2.08. The molecule has 2 aromatic rings. The van der Waals surface area contributed by atoms with E-state index in [2.05, 4.69) is 43.2 Å². The molecule has 0 aliphatic heterocycles. The van der Waals surface area contributed by atoms with Gasteiger partial charge in [-0.2, -0.15) is 5.10 Å². The van der Waals surface area contributed by atoms with Gasteiger partial charge < -0.3 is 5.73 Å². The highest BCUT2D eigenvalue weighted by Gasteiger charge is 2.09. The van der Waals surface area contributed by atoms with Crippen molar-refractivity contribution in [1.29, 1.82) is 0 Å². The maximum Gasteiger partial charge on any atom is 0.0651 e. The van der Waals surface area contributed by atoms with E-state index in [0.717, 1.165) is 18.5 Å². The molecule has 0 radical (unpaired) electrons. The summed E-state index contributed by atoms with van der Waals surface area (Å²) in [5, 5.41) is 4.48.